The van der Waals surface area contributed by atoms with Crippen molar-refractivity contribution in [3.63, 3.8) is 0 Å². The first-order valence-electron chi connectivity index (χ1n) is 4.66. The highest BCUT2D eigenvalue weighted by molar-refractivity contribution is 5.09. The van der Waals surface area contributed by atoms with Gasteiger partial charge >= 0.3 is 0 Å². The Hall–Kier alpha value is -0.240. The summed E-state index contributed by atoms with van der Waals surface area (Å²) in [4.78, 5) is 1.56. The van der Waals surface area contributed by atoms with Gasteiger partial charge in [-0.25, -0.2) is 0 Å². The van der Waals surface area contributed by atoms with E-state index in [0.717, 1.165) is 0 Å². The van der Waals surface area contributed by atoms with E-state index in [1.807, 2.05) is 0 Å². The largest absolute Gasteiger partial charge is 0.395 e. The maximum absolute atomic E-state index is 9.58. The van der Waals surface area contributed by atoms with Crippen molar-refractivity contribution in [1.82, 2.24) is 4.90 Å². The minimum atomic E-state index is -1.11. The molecule has 0 saturated carbocycles. The monoisotopic (exact) mass is 205 g/mol. The molecule has 6 nitrogen and oxygen atoms in total. The van der Waals surface area contributed by atoms with Gasteiger partial charge in [0.2, 0.25) is 0 Å². The molecule has 0 radical (unpaired) electrons. The third kappa shape index (κ3) is 1.19. The molecular formula is C8H15NO5. The van der Waals surface area contributed by atoms with Crippen molar-refractivity contribution in [2.24, 2.45) is 0 Å². The quantitative estimate of drug-likeness (QED) is 0.304. The zero-order valence-corrected chi connectivity index (χ0v) is 7.56. The summed E-state index contributed by atoms with van der Waals surface area (Å²) in [5.74, 6) is 0. The van der Waals surface area contributed by atoms with Crippen LogP contribution in [0.3, 0.4) is 0 Å². The number of rotatable bonds is 1. The summed E-state index contributed by atoms with van der Waals surface area (Å²) >= 11 is 0. The van der Waals surface area contributed by atoms with Gasteiger partial charge in [-0.2, -0.15) is 0 Å². The van der Waals surface area contributed by atoms with E-state index in [-0.39, 0.29) is 13.2 Å². The van der Waals surface area contributed by atoms with Crippen LogP contribution in [0.5, 0.6) is 0 Å². The van der Waals surface area contributed by atoms with Crippen molar-refractivity contribution in [3.8, 4) is 0 Å². The molecule has 14 heavy (non-hydrogen) atoms. The minimum Gasteiger partial charge on any atom is -0.395 e. The smallest absolute Gasteiger partial charge is 0.0996 e. The summed E-state index contributed by atoms with van der Waals surface area (Å²) in [6.07, 6.45) is -4.15. The maximum atomic E-state index is 9.58. The third-order valence-electron chi connectivity index (χ3n) is 3.23. The van der Waals surface area contributed by atoms with Crippen molar-refractivity contribution in [3.05, 3.63) is 0 Å². The van der Waals surface area contributed by atoms with Gasteiger partial charge < -0.3 is 25.5 Å². The van der Waals surface area contributed by atoms with Crippen LogP contribution in [-0.4, -0.2) is 80.1 Å². The number of aliphatic hydroxyl groups is 5. The highest BCUT2D eigenvalue weighted by Crippen LogP contribution is 2.33. The number of hydrogen-bond acceptors (Lipinski definition) is 6. The van der Waals surface area contributed by atoms with E-state index >= 15 is 0 Å². The van der Waals surface area contributed by atoms with Crippen LogP contribution in [0.4, 0.5) is 0 Å². The van der Waals surface area contributed by atoms with E-state index in [1.54, 1.807) is 4.90 Å². The van der Waals surface area contributed by atoms with Crippen molar-refractivity contribution in [2.45, 2.75) is 36.5 Å². The van der Waals surface area contributed by atoms with Crippen molar-refractivity contribution >= 4 is 0 Å². The molecule has 0 aromatic rings. The Kier molecular flexibility index (Phi) is 2.50. The predicted octanol–water partition coefficient (Wildman–Crippen LogP) is -3.51. The second-order valence-electron chi connectivity index (χ2n) is 3.98. The molecule has 0 bridgehead atoms. The fourth-order valence-corrected chi connectivity index (χ4v) is 2.46. The average Bonchev–Trinajstić information content (AvgIpc) is 2.54. The average molecular weight is 205 g/mol. The Bertz CT molecular complexity index is 226. The normalized spacial score (nSPS) is 53.8. The molecule has 0 aromatic heterocycles. The molecule has 0 aromatic carbocycles. The molecule has 2 saturated heterocycles. The van der Waals surface area contributed by atoms with Gasteiger partial charge in [0, 0.05) is 6.54 Å². The number of nitrogens with zero attached hydrogens (tertiary/aromatic N) is 1. The lowest BCUT2D eigenvalue weighted by atomic mass is 10.0. The van der Waals surface area contributed by atoms with Crippen LogP contribution in [0.2, 0.25) is 0 Å². The molecule has 6 heteroatoms. The standard InChI is InChI=1S/C8H15NO5/c10-2-3-6(12)8(14)5-7(13)4(11)1-9(3)5/h3-8,10-14H,1-2H2/t3-,4+,5+,6-,7+,8+/m0/s1. The molecule has 82 valence electrons. The first-order valence-corrected chi connectivity index (χ1v) is 4.66. The van der Waals surface area contributed by atoms with Gasteiger partial charge in [-0.15, -0.1) is 0 Å². The van der Waals surface area contributed by atoms with Crippen LogP contribution in [0, 0.1) is 0 Å². The molecule has 0 unspecified atom stereocenters. The number of hydrogen-bond donors (Lipinski definition) is 5. The van der Waals surface area contributed by atoms with Crippen LogP contribution in [0.1, 0.15) is 0 Å². The lowest BCUT2D eigenvalue weighted by molar-refractivity contribution is -0.0268. The minimum absolute atomic E-state index is 0.172. The first kappa shape index (κ1) is 10.3. The summed E-state index contributed by atoms with van der Waals surface area (Å²) in [7, 11) is 0. The summed E-state index contributed by atoms with van der Waals surface area (Å²) in [5, 5.41) is 47.0. The summed E-state index contributed by atoms with van der Waals surface area (Å²) in [6, 6.07) is -1.26. The maximum Gasteiger partial charge on any atom is 0.0996 e. The van der Waals surface area contributed by atoms with Crippen LogP contribution in [0.15, 0.2) is 0 Å². The van der Waals surface area contributed by atoms with E-state index in [4.69, 9.17) is 5.11 Å². The van der Waals surface area contributed by atoms with Crippen LogP contribution in [-0.2, 0) is 0 Å². The lowest BCUT2D eigenvalue weighted by Crippen LogP contribution is -2.41. The van der Waals surface area contributed by atoms with E-state index in [9.17, 15) is 20.4 Å². The highest BCUT2D eigenvalue weighted by atomic mass is 16.4. The number of aliphatic hydroxyl groups excluding tert-OH is 5. The van der Waals surface area contributed by atoms with Gasteiger partial charge in [0.05, 0.1) is 43.1 Å². The fraction of sp³-hybridized carbons (Fsp3) is 1.00. The Morgan fingerprint density at radius 1 is 1.00 bits per heavy atom. The van der Waals surface area contributed by atoms with E-state index in [1.165, 1.54) is 0 Å². The van der Waals surface area contributed by atoms with Crippen molar-refractivity contribution in [2.75, 3.05) is 13.2 Å². The van der Waals surface area contributed by atoms with Gasteiger partial charge in [0.25, 0.3) is 0 Å². The summed E-state index contributed by atoms with van der Waals surface area (Å²) in [6.45, 7) is -0.126. The van der Waals surface area contributed by atoms with Gasteiger partial charge in [-0.3, -0.25) is 4.90 Å². The Morgan fingerprint density at radius 2 is 1.64 bits per heavy atom. The SMILES string of the molecule is OC[C@H]1[C@H](O)[C@H](O)[C@H]2[C@H](O)[C@H](O)CN21. The Balaban J connectivity index is 2.21. The topological polar surface area (TPSA) is 104 Å². The first-order chi connectivity index (χ1) is 6.57. The van der Waals surface area contributed by atoms with Gasteiger partial charge in [0.15, 0.2) is 0 Å². The zero-order valence-electron chi connectivity index (χ0n) is 7.56. The van der Waals surface area contributed by atoms with Crippen molar-refractivity contribution in [1.29, 1.82) is 0 Å². The second-order valence-corrected chi connectivity index (χ2v) is 3.98. The highest BCUT2D eigenvalue weighted by Gasteiger charge is 2.56. The van der Waals surface area contributed by atoms with E-state index in [0.29, 0.717) is 0 Å². The van der Waals surface area contributed by atoms with Crippen molar-refractivity contribution < 1.29 is 25.5 Å². The number of fused-ring (bicyclic) bond motifs is 1. The molecule has 2 rings (SSSR count). The molecule has 0 aliphatic carbocycles. The fourth-order valence-electron chi connectivity index (χ4n) is 2.46. The zero-order chi connectivity index (χ0) is 10.5. The van der Waals surface area contributed by atoms with Gasteiger partial charge in [0.1, 0.15) is 0 Å². The van der Waals surface area contributed by atoms with Gasteiger partial charge in [-0.1, -0.05) is 0 Å². The van der Waals surface area contributed by atoms with Crippen LogP contribution < -0.4 is 0 Å². The molecular weight excluding hydrogens is 190 g/mol. The molecule has 5 N–H and O–H groups in total. The summed E-state index contributed by atoms with van der Waals surface area (Å²) in [5.41, 5.74) is 0. The third-order valence-corrected chi connectivity index (χ3v) is 3.23. The lowest BCUT2D eigenvalue weighted by Gasteiger charge is -2.22. The molecule has 6 atom stereocenters. The second kappa shape index (κ2) is 3.41. The van der Waals surface area contributed by atoms with E-state index < -0.39 is 36.5 Å². The van der Waals surface area contributed by atoms with Crippen LogP contribution >= 0.6 is 0 Å². The summed E-state index contributed by atoms with van der Waals surface area (Å²) < 4.78 is 0. The molecule has 2 aliphatic rings. The molecule has 0 spiro atoms. The molecule has 0 amide bonds. The Labute approximate surface area is 81.0 Å². The van der Waals surface area contributed by atoms with Gasteiger partial charge in [-0.05, 0) is 0 Å². The van der Waals surface area contributed by atoms with E-state index in [2.05, 4.69) is 0 Å². The molecule has 2 heterocycles. The Morgan fingerprint density at radius 3 is 2.21 bits per heavy atom. The molecule has 2 aliphatic heterocycles. The van der Waals surface area contributed by atoms with Crippen LogP contribution in [0.25, 0.3) is 0 Å². The predicted molar refractivity (Wildman–Crippen MR) is 45.4 cm³/mol. The molecule has 2 fully saturated rings.